The van der Waals surface area contributed by atoms with Gasteiger partial charge in [-0.1, -0.05) is 6.92 Å². The lowest BCUT2D eigenvalue weighted by molar-refractivity contribution is 0.0472. The molecule has 0 saturated carbocycles. The summed E-state index contributed by atoms with van der Waals surface area (Å²) in [7, 11) is 1.54. The van der Waals surface area contributed by atoms with Crippen molar-refractivity contribution in [1.82, 2.24) is 4.90 Å². The van der Waals surface area contributed by atoms with Crippen LogP contribution in [0.3, 0.4) is 0 Å². The molecule has 6 heteroatoms. The first kappa shape index (κ1) is 19.9. The van der Waals surface area contributed by atoms with Crippen LogP contribution in [0.2, 0.25) is 0 Å². The standard InChI is InChI=1S/C21H27NO4S/c1-4-18-17-8-10-27-21(17)7-9-22(18)12-16(24)13-26-19-6-5-15(14(2)23)11-20(19)25-3/h5-6,8,10-11,16,18,24H,4,7,9,12-13H2,1-3H3. The first-order valence-electron chi connectivity index (χ1n) is 9.33. The number of rotatable bonds is 8. The summed E-state index contributed by atoms with van der Waals surface area (Å²) in [4.78, 5) is 15.3. The van der Waals surface area contributed by atoms with E-state index >= 15 is 0 Å². The van der Waals surface area contributed by atoms with Crippen LogP contribution in [-0.4, -0.2) is 48.7 Å². The number of ketones is 1. The van der Waals surface area contributed by atoms with Crippen LogP contribution in [0.25, 0.3) is 0 Å². The van der Waals surface area contributed by atoms with E-state index in [0.29, 0.717) is 29.6 Å². The van der Waals surface area contributed by atoms with E-state index in [1.165, 1.54) is 17.4 Å². The molecule has 1 aromatic carbocycles. The lowest BCUT2D eigenvalue weighted by Gasteiger charge is -2.36. The highest BCUT2D eigenvalue weighted by atomic mass is 32.1. The Bertz CT molecular complexity index is 788. The van der Waals surface area contributed by atoms with Crippen LogP contribution in [-0.2, 0) is 6.42 Å². The highest BCUT2D eigenvalue weighted by Gasteiger charge is 2.28. The molecule has 1 N–H and O–H groups in total. The molecule has 2 heterocycles. The van der Waals surface area contributed by atoms with Gasteiger partial charge in [-0.15, -0.1) is 11.3 Å². The van der Waals surface area contributed by atoms with E-state index in [-0.39, 0.29) is 12.4 Å². The summed E-state index contributed by atoms with van der Waals surface area (Å²) in [5, 5.41) is 12.7. The molecular formula is C21H27NO4S. The Morgan fingerprint density at radius 1 is 1.37 bits per heavy atom. The largest absolute Gasteiger partial charge is 0.493 e. The quantitative estimate of drug-likeness (QED) is 0.698. The highest BCUT2D eigenvalue weighted by Crippen LogP contribution is 2.35. The number of β-amino-alcohol motifs (C(OH)–C–C–N with tert-alkyl or cyclic N) is 1. The zero-order valence-electron chi connectivity index (χ0n) is 16.1. The number of carbonyl (C=O) groups is 1. The summed E-state index contributed by atoms with van der Waals surface area (Å²) < 4.78 is 11.1. The third-order valence-electron chi connectivity index (χ3n) is 5.04. The van der Waals surface area contributed by atoms with E-state index in [1.807, 2.05) is 11.3 Å². The molecule has 146 valence electrons. The average molecular weight is 390 g/mol. The van der Waals surface area contributed by atoms with E-state index < -0.39 is 6.10 Å². The lowest BCUT2D eigenvalue weighted by atomic mass is 9.97. The van der Waals surface area contributed by atoms with Crippen molar-refractivity contribution in [3.05, 3.63) is 45.6 Å². The smallest absolute Gasteiger partial charge is 0.161 e. The molecule has 0 radical (unpaired) electrons. The number of aliphatic hydroxyl groups is 1. The SMILES string of the molecule is CCC1c2ccsc2CCN1CC(O)COc1ccc(C(C)=O)cc1OC. The lowest BCUT2D eigenvalue weighted by Crippen LogP contribution is -2.41. The van der Waals surface area contributed by atoms with E-state index in [1.54, 1.807) is 25.3 Å². The molecule has 0 aliphatic carbocycles. The molecule has 0 saturated heterocycles. The van der Waals surface area contributed by atoms with Crippen molar-refractivity contribution in [2.45, 2.75) is 38.8 Å². The molecule has 0 spiro atoms. The molecule has 3 rings (SSSR count). The fraction of sp³-hybridized carbons (Fsp3) is 0.476. The second-order valence-electron chi connectivity index (χ2n) is 6.85. The number of hydrogen-bond acceptors (Lipinski definition) is 6. The molecule has 2 atom stereocenters. The number of ether oxygens (including phenoxy) is 2. The minimum absolute atomic E-state index is 0.0246. The average Bonchev–Trinajstić information content (AvgIpc) is 3.14. The Balaban J connectivity index is 1.60. The number of hydrogen-bond donors (Lipinski definition) is 1. The molecular weight excluding hydrogens is 362 g/mol. The zero-order chi connectivity index (χ0) is 19.4. The summed E-state index contributed by atoms with van der Waals surface area (Å²) in [5.41, 5.74) is 1.98. The van der Waals surface area contributed by atoms with Crippen molar-refractivity contribution < 1.29 is 19.4 Å². The topological polar surface area (TPSA) is 59.0 Å². The van der Waals surface area contributed by atoms with Gasteiger partial charge in [-0.25, -0.2) is 0 Å². The van der Waals surface area contributed by atoms with Crippen molar-refractivity contribution in [3.63, 3.8) is 0 Å². The Hall–Kier alpha value is -1.89. The number of Topliss-reactive ketones (excluding diaryl/α,β-unsaturated/α-hetero) is 1. The molecule has 2 aromatic rings. The van der Waals surface area contributed by atoms with Crippen LogP contribution in [0.1, 0.15) is 47.1 Å². The Morgan fingerprint density at radius 3 is 2.89 bits per heavy atom. The van der Waals surface area contributed by atoms with Crippen molar-refractivity contribution in [2.24, 2.45) is 0 Å². The number of nitrogens with zero attached hydrogens (tertiary/aromatic N) is 1. The van der Waals surface area contributed by atoms with Gasteiger partial charge in [0.05, 0.1) is 7.11 Å². The second kappa shape index (κ2) is 8.87. The van der Waals surface area contributed by atoms with Gasteiger partial charge < -0.3 is 14.6 Å². The van der Waals surface area contributed by atoms with Crippen LogP contribution in [0.15, 0.2) is 29.6 Å². The maximum Gasteiger partial charge on any atom is 0.161 e. The van der Waals surface area contributed by atoms with E-state index in [2.05, 4.69) is 23.3 Å². The fourth-order valence-electron chi connectivity index (χ4n) is 3.66. The van der Waals surface area contributed by atoms with Gasteiger partial charge in [0.2, 0.25) is 0 Å². The number of carbonyl (C=O) groups excluding carboxylic acids is 1. The first-order chi connectivity index (χ1) is 13.0. The molecule has 0 bridgehead atoms. The molecule has 0 fully saturated rings. The van der Waals surface area contributed by atoms with Gasteiger partial charge in [-0.3, -0.25) is 9.69 Å². The summed E-state index contributed by atoms with van der Waals surface area (Å²) in [6, 6.07) is 7.67. The predicted octanol–water partition coefficient (Wildman–Crippen LogP) is 3.71. The van der Waals surface area contributed by atoms with E-state index in [0.717, 1.165) is 19.4 Å². The van der Waals surface area contributed by atoms with Crippen molar-refractivity contribution >= 4 is 17.1 Å². The summed E-state index contributed by atoms with van der Waals surface area (Å²) in [5.74, 6) is 1.01. The number of aliphatic hydroxyl groups excluding tert-OH is 1. The Kier molecular flexibility index (Phi) is 6.52. The van der Waals surface area contributed by atoms with Gasteiger partial charge in [-0.05, 0) is 55.0 Å². The van der Waals surface area contributed by atoms with Gasteiger partial charge in [0.1, 0.15) is 12.7 Å². The van der Waals surface area contributed by atoms with Gasteiger partial charge in [0.15, 0.2) is 17.3 Å². The number of benzene rings is 1. The van der Waals surface area contributed by atoms with Gasteiger partial charge in [0, 0.05) is 29.6 Å². The summed E-state index contributed by atoms with van der Waals surface area (Å²) >= 11 is 1.83. The second-order valence-corrected chi connectivity index (χ2v) is 7.86. The van der Waals surface area contributed by atoms with Crippen molar-refractivity contribution in [1.29, 1.82) is 0 Å². The number of methoxy groups -OCH3 is 1. The predicted molar refractivity (Wildman–Crippen MR) is 107 cm³/mol. The van der Waals surface area contributed by atoms with E-state index in [9.17, 15) is 9.90 Å². The normalized spacial score (nSPS) is 18.0. The number of thiophene rings is 1. The molecule has 1 aliphatic rings. The van der Waals surface area contributed by atoms with Gasteiger partial charge >= 0.3 is 0 Å². The maximum atomic E-state index is 11.5. The van der Waals surface area contributed by atoms with Crippen LogP contribution >= 0.6 is 11.3 Å². The third kappa shape index (κ3) is 4.51. The van der Waals surface area contributed by atoms with Crippen molar-refractivity contribution in [2.75, 3.05) is 26.8 Å². The maximum absolute atomic E-state index is 11.5. The minimum atomic E-state index is -0.601. The van der Waals surface area contributed by atoms with Crippen LogP contribution in [0.5, 0.6) is 11.5 Å². The molecule has 5 nitrogen and oxygen atoms in total. The van der Waals surface area contributed by atoms with Crippen molar-refractivity contribution in [3.8, 4) is 11.5 Å². The Morgan fingerprint density at radius 2 is 2.19 bits per heavy atom. The van der Waals surface area contributed by atoms with Crippen LogP contribution in [0, 0.1) is 0 Å². The molecule has 2 unspecified atom stereocenters. The minimum Gasteiger partial charge on any atom is -0.493 e. The third-order valence-corrected chi connectivity index (χ3v) is 6.04. The van der Waals surface area contributed by atoms with Crippen LogP contribution in [0.4, 0.5) is 0 Å². The monoisotopic (exact) mass is 389 g/mol. The highest BCUT2D eigenvalue weighted by molar-refractivity contribution is 7.10. The summed E-state index contributed by atoms with van der Waals surface area (Å²) in [6.45, 7) is 5.41. The molecule has 0 amide bonds. The zero-order valence-corrected chi connectivity index (χ0v) is 16.9. The molecule has 1 aromatic heterocycles. The molecule has 27 heavy (non-hydrogen) atoms. The molecule has 1 aliphatic heterocycles. The number of fused-ring (bicyclic) bond motifs is 1. The first-order valence-corrected chi connectivity index (χ1v) is 10.2. The van der Waals surface area contributed by atoms with Crippen LogP contribution < -0.4 is 9.47 Å². The summed E-state index contributed by atoms with van der Waals surface area (Å²) in [6.07, 6.45) is 1.46. The Labute approximate surface area is 164 Å². The van der Waals surface area contributed by atoms with E-state index in [4.69, 9.17) is 9.47 Å². The van der Waals surface area contributed by atoms with Gasteiger partial charge in [-0.2, -0.15) is 0 Å². The fourth-order valence-corrected chi connectivity index (χ4v) is 4.59. The van der Waals surface area contributed by atoms with Gasteiger partial charge in [0.25, 0.3) is 0 Å².